The minimum absolute atomic E-state index is 0.544. The molecule has 0 bridgehead atoms. The lowest BCUT2D eigenvalue weighted by molar-refractivity contribution is 0.415. The molecule has 0 aliphatic heterocycles. The Morgan fingerprint density at radius 3 is 2.53 bits per heavy atom. The van der Waals surface area contributed by atoms with Gasteiger partial charge in [0.2, 0.25) is 5.96 Å². The number of guanidine groups is 1. The van der Waals surface area contributed by atoms with Gasteiger partial charge in [0.1, 0.15) is 5.75 Å². The van der Waals surface area contributed by atoms with Crippen LogP contribution in [0.2, 0.25) is 0 Å². The van der Waals surface area contributed by atoms with Crippen LogP contribution in [0.4, 0.5) is 5.69 Å². The van der Waals surface area contributed by atoms with Gasteiger partial charge in [-0.3, -0.25) is 10.4 Å². The van der Waals surface area contributed by atoms with Crippen molar-refractivity contribution in [1.29, 1.82) is 0 Å². The van der Waals surface area contributed by atoms with E-state index in [-0.39, 0.29) is 0 Å². The smallest absolute Gasteiger partial charge is 0.210 e. The largest absolute Gasteiger partial charge is 0.497 e. The molecule has 0 aromatic heterocycles. The molecular weight excluding hydrogens is 192 g/mol. The zero-order valence-electron chi connectivity index (χ0n) is 8.95. The van der Waals surface area contributed by atoms with Crippen molar-refractivity contribution in [3.05, 3.63) is 24.3 Å². The zero-order chi connectivity index (χ0) is 11.1. The number of aliphatic imine (C=N–C) groups is 1. The molecule has 5 heteroatoms. The van der Waals surface area contributed by atoms with Gasteiger partial charge in [-0.25, -0.2) is 5.84 Å². The first-order valence-electron chi connectivity index (χ1n) is 4.72. The number of nitrogens with zero attached hydrogens (tertiary/aromatic N) is 1. The van der Waals surface area contributed by atoms with E-state index in [0.29, 0.717) is 12.5 Å². The van der Waals surface area contributed by atoms with Crippen molar-refractivity contribution in [3.63, 3.8) is 0 Å². The van der Waals surface area contributed by atoms with Gasteiger partial charge >= 0.3 is 0 Å². The summed E-state index contributed by atoms with van der Waals surface area (Å²) in [5.74, 6) is 6.65. The van der Waals surface area contributed by atoms with E-state index in [0.717, 1.165) is 11.4 Å². The highest BCUT2D eigenvalue weighted by atomic mass is 16.5. The Kier molecular flexibility index (Phi) is 4.43. The molecule has 0 amide bonds. The number of nitrogens with one attached hydrogen (secondary N) is 2. The molecule has 1 aromatic rings. The second-order valence-corrected chi connectivity index (χ2v) is 2.82. The minimum Gasteiger partial charge on any atom is -0.497 e. The quantitative estimate of drug-likeness (QED) is 0.299. The minimum atomic E-state index is 0.544. The maximum Gasteiger partial charge on any atom is 0.210 e. The molecule has 0 saturated heterocycles. The molecule has 5 nitrogen and oxygen atoms in total. The first kappa shape index (κ1) is 11.3. The molecule has 0 aliphatic carbocycles. The summed E-state index contributed by atoms with van der Waals surface area (Å²) in [6, 6.07) is 7.51. The SMILES string of the molecule is CCN=C(NN)Nc1ccc(OC)cc1. The van der Waals surface area contributed by atoms with Gasteiger partial charge in [-0.2, -0.15) is 0 Å². The monoisotopic (exact) mass is 208 g/mol. The van der Waals surface area contributed by atoms with Gasteiger partial charge in [0.05, 0.1) is 7.11 Å². The molecule has 0 atom stereocenters. The number of methoxy groups -OCH3 is 1. The number of hydrogen-bond acceptors (Lipinski definition) is 3. The Morgan fingerprint density at radius 2 is 2.07 bits per heavy atom. The van der Waals surface area contributed by atoms with Crippen LogP contribution in [-0.2, 0) is 0 Å². The fourth-order valence-electron chi connectivity index (χ4n) is 1.09. The average molecular weight is 208 g/mol. The van der Waals surface area contributed by atoms with Gasteiger partial charge in [-0.05, 0) is 31.2 Å². The van der Waals surface area contributed by atoms with E-state index in [9.17, 15) is 0 Å². The summed E-state index contributed by atoms with van der Waals surface area (Å²) in [6.07, 6.45) is 0. The summed E-state index contributed by atoms with van der Waals surface area (Å²) in [5.41, 5.74) is 3.39. The number of rotatable bonds is 3. The molecule has 15 heavy (non-hydrogen) atoms. The van der Waals surface area contributed by atoms with Gasteiger partial charge in [-0.1, -0.05) is 0 Å². The van der Waals surface area contributed by atoms with Crippen molar-refractivity contribution in [1.82, 2.24) is 5.43 Å². The zero-order valence-corrected chi connectivity index (χ0v) is 8.95. The average Bonchev–Trinajstić information content (AvgIpc) is 2.29. The van der Waals surface area contributed by atoms with Crippen LogP contribution in [-0.4, -0.2) is 19.6 Å². The fraction of sp³-hybridized carbons (Fsp3) is 0.300. The Hall–Kier alpha value is -1.75. The topological polar surface area (TPSA) is 71.7 Å². The second-order valence-electron chi connectivity index (χ2n) is 2.82. The van der Waals surface area contributed by atoms with Gasteiger partial charge in [-0.15, -0.1) is 0 Å². The lowest BCUT2D eigenvalue weighted by atomic mass is 10.3. The van der Waals surface area contributed by atoms with Crippen LogP contribution in [0.1, 0.15) is 6.92 Å². The molecule has 4 N–H and O–H groups in total. The first-order valence-corrected chi connectivity index (χ1v) is 4.72. The van der Waals surface area contributed by atoms with E-state index in [1.54, 1.807) is 7.11 Å². The molecule has 1 rings (SSSR count). The lowest BCUT2D eigenvalue weighted by Crippen LogP contribution is -2.36. The summed E-state index contributed by atoms with van der Waals surface area (Å²) in [5, 5.41) is 3.04. The highest BCUT2D eigenvalue weighted by molar-refractivity contribution is 5.93. The van der Waals surface area contributed by atoms with Crippen molar-refractivity contribution >= 4 is 11.6 Å². The van der Waals surface area contributed by atoms with Crippen LogP contribution < -0.4 is 21.3 Å². The van der Waals surface area contributed by atoms with Crippen molar-refractivity contribution in [2.75, 3.05) is 19.0 Å². The first-order chi connectivity index (χ1) is 7.30. The van der Waals surface area contributed by atoms with Gasteiger partial charge in [0, 0.05) is 12.2 Å². The molecule has 1 aromatic carbocycles. The van der Waals surface area contributed by atoms with Crippen LogP contribution in [0.25, 0.3) is 0 Å². The number of nitrogens with two attached hydrogens (primary N) is 1. The standard InChI is InChI=1S/C10H16N4O/c1-3-12-10(14-11)13-8-4-6-9(15-2)7-5-8/h4-7H,3,11H2,1-2H3,(H2,12,13,14). The fourth-order valence-corrected chi connectivity index (χ4v) is 1.09. The summed E-state index contributed by atoms with van der Waals surface area (Å²) in [6.45, 7) is 2.61. The van der Waals surface area contributed by atoms with Crippen LogP contribution in [0.5, 0.6) is 5.75 Å². The predicted octanol–water partition coefficient (Wildman–Crippen LogP) is 0.946. The van der Waals surface area contributed by atoms with Crippen molar-refractivity contribution in [2.24, 2.45) is 10.8 Å². The number of anilines is 1. The summed E-state index contributed by atoms with van der Waals surface area (Å²) in [7, 11) is 1.63. The molecule has 0 unspecified atom stereocenters. The van der Waals surface area contributed by atoms with E-state index in [1.807, 2.05) is 31.2 Å². The Balaban J connectivity index is 2.67. The molecule has 0 aliphatic rings. The van der Waals surface area contributed by atoms with Crippen LogP contribution in [0.15, 0.2) is 29.3 Å². The third-order valence-electron chi connectivity index (χ3n) is 1.81. The van der Waals surface area contributed by atoms with Gasteiger partial charge in [0.15, 0.2) is 0 Å². The predicted molar refractivity (Wildman–Crippen MR) is 61.9 cm³/mol. The van der Waals surface area contributed by atoms with Gasteiger partial charge < -0.3 is 10.1 Å². The Labute approximate surface area is 89.3 Å². The molecule has 0 saturated carbocycles. The number of hydrazine groups is 1. The van der Waals surface area contributed by atoms with Crippen LogP contribution in [0.3, 0.4) is 0 Å². The highest BCUT2D eigenvalue weighted by Crippen LogP contribution is 2.14. The molecule has 0 spiro atoms. The van der Waals surface area contributed by atoms with Crippen LogP contribution >= 0.6 is 0 Å². The maximum absolute atomic E-state index is 5.29. The third-order valence-corrected chi connectivity index (χ3v) is 1.81. The summed E-state index contributed by atoms with van der Waals surface area (Å²) < 4.78 is 5.05. The summed E-state index contributed by atoms with van der Waals surface area (Å²) >= 11 is 0. The maximum atomic E-state index is 5.29. The van der Waals surface area contributed by atoms with Crippen molar-refractivity contribution < 1.29 is 4.74 Å². The molecule has 82 valence electrons. The Morgan fingerprint density at radius 1 is 1.40 bits per heavy atom. The highest BCUT2D eigenvalue weighted by Gasteiger charge is 1.97. The Bertz CT molecular complexity index is 321. The van der Waals surface area contributed by atoms with E-state index in [1.165, 1.54) is 0 Å². The van der Waals surface area contributed by atoms with Crippen LogP contribution in [0, 0.1) is 0 Å². The lowest BCUT2D eigenvalue weighted by Gasteiger charge is -2.09. The van der Waals surface area contributed by atoms with E-state index in [4.69, 9.17) is 10.6 Å². The number of hydrogen-bond donors (Lipinski definition) is 3. The third kappa shape index (κ3) is 3.47. The van der Waals surface area contributed by atoms with E-state index in [2.05, 4.69) is 15.7 Å². The number of benzene rings is 1. The van der Waals surface area contributed by atoms with Crippen molar-refractivity contribution in [2.45, 2.75) is 6.92 Å². The number of ether oxygens (including phenoxy) is 1. The molecule has 0 heterocycles. The van der Waals surface area contributed by atoms with E-state index < -0.39 is 0 Å². The van der Waals surface area contributed by atoms with E-state index >= 15 is 0 Å². The molecule has 0 fully saturated rings. The van der Waals surface area contributed by atoms with Gasteiger partial charge in [0.25, 0.3) is 0 Å². The van der Waals surface area contributed by atoms with Crippen molar-refractivity contribution in [3.8, 4) is 5.75 Å². The normalized spacial score (nSPS) is 11.0. The molecule has 0 radical (unpaired) electrons. The summed E-state index contributed by atoms with van der Waals surface area (Å²) in [4.78, 5) is 4.12. The molecular formula is C10H16N4O. The second kappa shape index (κ2) is 5.87.